The van der Waals surface area contributed by atoms with Gasteiger partial charge in [0.1, 0.15) is 12.6 Å². The van der Waals surface area contributed by atoms with Gasteiger partial charge < -0.3 is 4.74 Å². The zero-order valence-corrected chi connectivity index (χ0v) is 17.6. The lowest BCUT2D eigenvalue weighted by molar-refractivity contribution is -0.384. The molecule has 0 saturated carbocycles. The average molecular weight is 471 g/mol. The van der Waals surface area contributed by atoms with Crippen molar-refractivity contribution in [1.29, 1.82) is 0 Å². The molecule has 0 saturated heterocycles. The topological polar surface area (TPSA) is 116 Å². The number of carbonyl (C=O) groups is 1. The van der Waals surface area contributed by atoms with Crippen molar-refractivity contribution in [1.82, 2.24) is 4.72 Å². The summed E-state index contributed by atoms with van der Waals surface area (Å²) in [6.07, 6.45) is 0. The number of esters is 1. The highest BCUT2D eigenvalue weighted by Crippen LogP contribution is 2.17. The van der Waals surface area contributed by atoms with Gasteiger partial charge in [0.15, 0.2) is 0 Å². The Labute approximate surface area is 171 Å². The number of hydrogen-bond acceptors (Lipinski definition) is 6. The molecule has 8 nitrogen and oxygen atoms in total. The predicted octanol–water partition coefficient (Wildman–Crippen LogP) is 3.40. The predicted molar refractivity (Wildman–Crippen MR) is 106 cm³/mol. The van der Waals surface area contributed by atoms with Crippen LogP contribution in [-0.2, 0) is 26.2 Å². The van der Waals surface area contributed by atoms with E-state index in [1.165, 1.54) is 36.4 Å². The van der Waals surface area contributed by atoms with Crippen LogP contribution in [0.4, 0.5) is 5.69 Å². The van der Waals surface area contributed by atoms with Crippen LogP contribution in [0, 0.1) is 16.0 Å². The second kappa shape index (κ2) is 9.26. The summed E-state index contributed by atoms with van der Waals surface area (Å²) in [5.74, 6) is -1.08. The quantitative estimate of drug-likeness (QED) is 0.359. The van der Waals surface area contributed by atoms with E-state index in [2.05, 4.69) is 20.7 Å². The standard InChI is InChI=1S/C18H19BrN2O6S/c1-12(2)17(20-28(25,26)16-9-5-14(19)6-10-16)18(22)27-11-13-3-7-15(8-4-13)21(23)24/h3-10,12,17,20H,11H2,1-2H3/t17-/m0/s1. The molecule has 0 aliphatic heterocycles. The molecule has 1 atom stereocenters. The molecule has 0 spiro atoms. The smallest absolute Gasteiger partial charge is 0.324 e. The maximum Gasteiger partial charge on any atom is 0.324 e. The van der Waals surface area contributed by atoms with Crippen LogP contribution in [0.1, 0.15) is 19.4 Å². The van der Waals surface area contributed by atoms with Crippen LogP contribution in [0.15, 0.2) is 57.9 Å². The van der Waals surface area contributed by atoms with E-state index < -0.39 is 27.0 Å². The molecule has 2 aromatic rings. The van der Waals surface area contributed by atoms with Crippen molar-refractivity contribution in [3.8, 4) is 0 Å². The molecule has 0 unspecified atom stereocenters. The highest BCUT2D eigenvalue weighted by atomic mass is 79.9. The molecular formula is C18H19BrN2O6S. The maximum atomic E-state index is 12.5. The van der Waals surface area contributed by atoms with Crippen molar-refractivity contribution in [3.05, 3.63) is 68.7 Å². The second-order valence-electron chi connectivity index (χ2n) is 6.33. The van der Waals surface area contributed by atoms with Crippen molar-refractivity contribution in [2.75, 3.05) is 0 Å². The largest absolute Gasteiger partial charge is 0.460 e. The summed E-state index contributed by atoms with van der Waals surface area (Å²) in [4.78, 5) is 22.6. The first-order valence-electron chi connectivity index (χ1n) is 8.28. The molecule has 0 aliphatic carbocycles. The molecule has 2 rings (SSSR count). The Morgan fingerprint density at radius 2 is 1.71 bits per heavy atom. The van der Waals surface area contributed by atoms with Gasteiger partial charge in [0, 0.05) is 16.6 Å². The summed E-state index contributed by atoms with van der Waals surface area (Å²) >= 11 is 3.24. The average Bonchev–Trinajstić information content (AvgIpc) is 2.64. The summed E-state index contributed by atoms with van der Waals surface area (Å²) in [7, 11) is -3.91. The lowest BCUT2D eigenvalue weighted by Gasteiger charge is -2.21. The normalized spacial score (nSPS) is 12.6. The molecule has 0 radical (unpaired) electrons. The van der Waals surface area contributed by atoms with Crippen LogP contribution < -0.4 is 4.72 Å². The van der Waals surface area contributed by atoms with E-state index in [1.807, 2.05) is 0 Å². The van der Waals surface area contributed by atoms with Gasteiger partial charge in [0.25, 0.3) is 5.69 Å². The Morgan fingerprint density at radius 1 is 1.14 bits per heavy atom. The van der Waals surface area contributed by atoms with Gasteiger partial charge in [0.2, 0.25) is 10.0 Å². The maximum absolute atomic E-state index is 12.5. The van der Waals surface area contributed by atoms with Crippen LogP contribution in [0.3, 0.4) is 0 Å². The van der Waals surface area contributed by atoms with Gasteiger partial charge >= 0.3 is 5.97 Å². The molecule has 0 aromatic heterocycles. The van der Waals surface area contributed by atoms with Gasteiger partial charge in [-0.2, -0.15) is 4.72 Å². The summed E-state index contributed by atoms with van der Waals surface area (Å²) < 4.78 is 33.4. The van der Waals surface area contributed by atoms with Gasteiger partial charge in [-0.1, -0.05) is 29.8 Å². The number of nitro benzene ring substituents is 1. The van der Waals surface area contributed by atoms with Gasteiger partial charge in [-0.25, -0.2) is 8.42 Å². The van der Waals surface area contributed by atoms with Crippen LogP contribution in [-0.4, -0.2) is 25.4 Å². The van der Waals surface area contributed by atoms with Crippen molar-refractivity contribution in [3.63, 3.8) is 0 Å². The van der Waals surface area contributed by atoms with Crippen LogP contribution in [0.5, 0.6) is 0 Å². The molecule has 1 N–H and O–H groups in total. The number of hydrogen-bond donors (Lipinski definition) is 1. The fourth-order valence-corrected chi connectivity index (χ4v) is 3.86. The third-order valence-corrected chi connectivity index (χ3v) is 5.84. The van der Waals surface area contributed by atoms with Gasteiger partial charge in [-0.15, -0.1) is 0 Å². The SMILES string of the molecule is CC(C)[C@H](NS(=O)(=O)c1ccc(Br)cc1)C(=O)OCc1ccc([N+](=O)[O-])cc1. The first-order valence-corrected chi connectivity index (χ1v) is 10.6. The summed E-state index contributed by atoms with van der Waals surface area (Å²) in [5.41, 5.74) is 0.481. The van der Waals surface area contributed by atoms with Crippen LogP contribution in [0.2, 0.25) is 0 Å². The Hall–Kier alpha value is -2.30. The Bertz CT molecular complexity index is 943. The summed E-state index contributed by atoms with van der Waals surface area (Å²) in [6, 6.07) is 10.5. The highest BCUT2D eigenvalue weighted by molar-refractivity contribution is 9.10. The van der Waals surface area contributed by atoms with Crippen molar-refractivity contribution in [2.45, 2.75) is 31.4 Å². The molecule has 2 aromatic carbocycles. The minimum absolute atomic E-state index is 0.0320. The molecule has 28 heavy (non-hydrogen) atoms. The van der Waals surface area contributed by atoms with E-state index in [9.17, 15) is 23.3 Å². The van der Waals surface area contributed by atoms with Crippen LogP contribution in [0.25, 0.3) is 0 Å². The zero-order valence-electron chi connectivity index (χ0n) is 15.2. The molecule has 0 bridgehead atoms. The number of carbonyl (C=O) groups excluding carboxylic acids is 1. The van der Waals surface area contributed by atoms with Crippen molar-refractivity contribution in [2.24, 2.45) is 5.92 Å². The monoisotopic (exact) mass is 470 g/mol. The minimum Gasteiger partial charge on any atom is -0.460 e. The van der Waals surface area contributed by atoms with E-state index >= 15 is 0 Å². The highest BCUT2D eigenvalue weighted by Gasteiger charge is 2.29. The zero-order chi connectivity index (χ0) is 20.9. The number of benzene rings is 2. The number of ether oxygens (including phenoxy) is 1. The van der Waals surface area contributed by atoms with Crippen LogP contribution >= 0.6 is 15.9 Å². The Morgan fingerprint density at radius 3 is 2.21 bits per heavy atom. The number of sulfonamides is 1. The summed E-state index contributed by atoms with van der Waals surface area (Å²) in [5, 5.41) is 10.7. The fraction of sp³-hybridized carbons (Fsp3) is 0.278. The Balaban J connectivity index is 2.07. The first-order chi connectivity index (χ1) is 13.1. The van der Waals surface area contributed by atoms with Gasteiger partial charge in [0.05, 0.1) is 9.82 Å². The first kappa shape index (κ1) is 22.0. The molecule has 0 fully saturated rings. The number of nitrogens with zero attached hydrogens (tertiary/aromatic N) is 1. The lowest BCUT2D eigenvalue weighted by atomic mass is 10.1. The molecular weight excluding hydrogens is 452 g/mol. The van der Waals surface area contributed by atoms with Crippen molar-refractivity contribution < 1.29 is 22.9 Å². The van der Waals surface area contributed by atoms with Crippen molar-refractivity contribution >= 4 is 37.6 Å². The number of non-ortho nitro benzene ring substituents is 1. The lowest BCUT2D eigenvalue weighted by Crippen LogP contribution is -2.45. The minimum atomic E-state index is -3.91. The van der Waals surface area contributed by atoms with E-state index in [1.54, 1.807) is 26.0 Å². The Kier molecular flexibility index (Phi) is 7.28. The number of nitro groups is 1. The van der Waals surface area contributed by atoms with E-state index in [0.29, 0.717) is 5.56 Å². The number of rotatable bonds is 8. The summed E-state index contributed by atoms with van der Waals surface area (Å²) in [6.45, 7) is 3.27. The third-order valence-electron chi connectivity index (χ3n) is 3.85. The van der Waals surface area contributed by atoms with E-state index in [4.69, 9.17) is 4.74 Å². The third kappa shape index (κ3) is 5.85. The van der Waals surface area contributed by atoms with E-state index in [0.717, 1.165) is 4.47 Å². The molecule has 150 valence electrons. The molecule has 0 amide bonds. The molecule has 0 aliphatic rings. The molecule has 0 heterocycles. The molecule has 10 heteroatoms. The number of nitrogens with one attached hydrogen (secondary N) is 1. The number of halogens is 1. The second-order valence-corrected chi connectivity index (χ2v) is 8.96. The fourth-order valence-electron chi connectivity index (χ4n) is 2.26. The van der Waals surface area contributed by atoms with Gasteiger partial charge in [-0.3, -0.25) is 14.9 Å². The van der Waals surface area contributed by atoms with E-state index in [-0.39, 0.29) is 23.1 Å². The van der Waals surface area contributed by atoms with Gasteiger partial charge in [-0.05, 0) is 47.9 Å².